The van der Waals surface area contributed by atoms with E-state index < -0.39 is 17.3 Å². The van der Waals surface area contributed by atoms with E-state index in [0.717, 1.165) is 29.4 Å². The van der Waals surface area contributed by atoms with Gasteiger partial charge in [0, 0.05) is 6.54 Å². The summed E-state index contributed by atoms with van der Waals surface area (Å²) in [6, 6.07) is 18.1. The highest BCUT2D eigenvalue weighted by atomic mass is 19.1. The van der Waals surface area contributed by atoms with Crippen LogP contribution in [0.15, 0.2) is 75.9 Å². The van der Waals surface area contributed by atoms with Gasteiger partial charge in [-0.15, -0.1) is 0 Å². The zero-order valence-corrected chi connectivity index (χ0v) is 20.1. The van der Waals surface area contributed by atoms with Crippen molar-refractivity contribution in [2.24, 2.45) is 0 Å². The molecule has 5 rings (SSSR count). The predicted octanol–water partition coefficient (Wildman–Crippen LogP) is 5.52. The Kier molecular flexibility index (Phi) is 6.46. The maximum absolute atomic E-state index is 14.0. The van der Waals surface area contributed by atoms with E-state index in [1.54, 1.807) is 12.0 Å². The Balaban J connectivity index is 1.56. The number of hydrogen-bond acceptors (Lipinski definition) is 5. The molecule has 0 N–H and O–H groups in total. The lowest BCUT2D eigenvalue weighted by molar-refractivity contribution is 0.0730. The van der Waals surface area contributed by atoms with Crippen molar-refractivity contribution in [1.29, 1.82) is 0 Å². The molecule has 1 aromatic heterocycles. The van der Waals surface area contributed by atoms with E-state index in [0.29, 0.717) is 25.3 Å². The summed E-state index contributed by atoms with van der Waals surface area (Å²) in [6.45, 7) is 2.99. The zero-order chi connectivity index (χ0) is 25.2. The molecule has 0 saturated heterocycles. The first-order valence-corrected chi connectivity index (χ1v) is 11.9. The van der Waals surface area contributed by atoms with Crippen LogP contribution in [-0.2, 0) is 6.42 Å². The SMILES string of the molecule is CCCOc1ccc([C@H]2c3c(oc4ccc(F)cc4c3=O)C(=O)N2CCc2ccc(OC)cc2)cc1. The van der Waals surface area contributed by atoms with Crippen LogP contribution in [0.25, 0.3) is 11.0 Å². The van der Waals surface area contributed by atoms with Gasteiger partial charge in [-0.3, -0.25) is 9.59 Å². The van der Waals surface area contributed by atoms with Crippen LogP contribution in [0.5, 0.6) is 11.5 Å². The smallest absolute Gasteiger partial charge is 0.290 e. The maximum Gasteiger partial charge on any atom is 0.290 e. The highest BCUT2D eigenvalue weighted by Crippen LogP contribution is 2.38. The molecule has 0 unspecified atom stereocenters. The van der Waals surface area contributed by atoms with E-state index in [-0.39, 0.29) is 28.2 Å². The van der Waals surface area contributed by atoms with Crippen LogP contribution in [0.1, 0.15) is 46.6 Å². The topological polar surface area (TPSA) is 69.0 Å². The van der Waals surface area contributed by atoms with Crippen molar-refractivity contribution in [3.05, 3.63) is 105 Å². The molecule has 1 atom stereocenters. The minimum absolute atomic E-state index is 0.00477. The van der Waals surface area contributed by atoms with Crippen LogP contribution in [-0.4, -0.2) is 31.1 Å². The van der Waals surface area contributed by atoms with Crippen molar-refractivity contribution in [3.8, 4) is 11.5 Å². The van der Waals surface area contributed by atoms with Gasteiger partial charge in [0.1, 0.15) is 22.9 Å². The Labute approximate surface area is 207 Å². The third-order valence-corrected chi connectivity index (χ3v) is 6.40. The van der Waals surface area contributed by atoms with Crippen LogP contribution < -0.4 is 14.9 Å². The molecule has 4 aromatic rings. The van der Waals surface area contributed by atoms with Crippen LogP contribution in [0.2, 0.25) is 0 Å². The molecular weight excluding hydrogens is 461 g/mol. The second kappa shape index (κ2) is 9.85. The van der Waals surface area contributed by atoms with Crippen LogP contribution in [0, 0.1) is 5.82 Å². The van der Waals surface area contributed by atoms with E-state index in [1.807, 2.05) is 55.5 Å². The lowest BCUT2D eigenvalue weighted by Crippen LogP contribution is -2.31. The summed E-state index contributed by atoms with van der Waals surface area (Å²) < 4.78 is 30.8. The largest absolute Gasteiger partial charge is 0.497 e. The summed E-state index contributed by atoms with van der Waals surface area (Å²) in [5, 5.41) is 0.117. The monoisotopic (exact) mass is 487 g/mol. The minimum atomic E-state index is -0.658. The van der Waals surface area contributed by atoms with Gasteiger partial charge in [-0.25, -0.2) is 4.39 Å². The van der Waals surface area contributed by atoms with Crippen LogP contribution in [0.3, 0.4) is 0 Å². The molecule has 184 valence electrons. The summed E-state index contributed by atoms with van der Waals surface area (Å²) >= 11 is 0. The summed E-state index contributed by atoms with van der Waals surface area (Å²) in [5.74, 6) is 0.565. The number of halogens is 1. The number of carbonyl (C=O) groups is 1. The van der Waals surface area contributed by atoms with E-state index in [9.17, 15) is 14.0 Å². The molecule has 6 nitrogen and oxygen atoms in total. The molecule has 0 fully saturated rings. The lowest BCUT2D eigenvalue weighted by atomic mass is 9.98. The summed E-state index contributed by atoms with van der Waals surface area (Å²) in [4.78, 5) is 28.8. The van der Waals surface area contributed by atoms with Crippen molar-refractivity contribution < 1.29 is 23.1 Å². The van der Waals surface area contributed by atoms with Crippen molar-refractivity contribution in [3.63, 3.8) is 0 Å². The van der Waals surface area contributed by atoms with E-state index in [4.69, 9.17) is 13.9 Å². The molecule has 1 amide bonds. The number of nitrogens with zero attached hydrogens (tertiary/aromatic N) is 1. The molecule has 7 heteroatoms. The normalized spacial score (nSPS) is 14.8. The quantitative estimate of drug-likeness (QED) is 0.328. The van der Waals surface area contributed by atoms with Gasteiger partial charge < -0.3 is 18.8 Å². The number of methoxy groups -OCH3 is 1. The molecule has 0 radical (unpaired) electrons. The van der Waals surface area contributed by atoms with Crippen LogP contribution in [0.4, 0.5) is 4.39 Å². The third-order valence-electron chi connectivity index (χ3n) is 6.40. The number of rotatable bonds is 8. The Morgan fingerprint density at radius 3 is 2.39 bits per heavy atom. The molecule has 3 aromatic carbocycles. The first-order chi connectivity index (χ1) is 17.5. The Morgan fingerprint density at radius 1 is 0.972 bits per heavy atom. The fourth-order valence-corrected chi connectivity index (χ4v) is 4.58. The van der Waals surface area contributed by atoms with Crippen molar-refractivity contribution >= 4 is 16.9 Å². The standard InChI is InChI=1S/C29H26FNO5/c1-3-16-35-22-11-6-19(7-12-22)26-25-27(32)23-17-20(30)8-13-24(23)36-28(25)29(33)31(26)15-14-18-4-9-21(34-2)10-5-18/h4-13,17,26H,3,14-16H2,1-2H3/t26-/m0/s1. The molecule has 1 aliphatic heterocycles. The zero-order valence-electron chi connectivity index (χ0n) is 20.1. The van der Waals surface area contributed by atoms with Gasteiger partial charge in [0.15, 0.2) is 5.43 Å². The fourth-order valence-electron chi connectivity index (χ4n) is 4.58. The van der Waals surface area contributed by atoms with E-state index >= 15 is 0 Å². The molecule has 2 heterocycles. The van der Waals surface area contributed by atoms with Crippen LogP contribution >= 0.6 is 0 Å². The van der Waals surface area contributed by atoms with Gasteiger partial charge in [0.05, 0.1) is 30.7 Å². The first-order valence-electron chi connectivity index (χ1n) is 11.9. The number of carbonyl (C=O) groups excluding carboxylic acids is 1. The molecule has 0 saturated carbocycles. The van der Waals surface area contributed by atoms with Crippen molar-refractivity contribution in [2.45, 2.75) is 25.8 Å². The molecule has 0 spiro atoms. The second-order valence-electron chi connectivity index (χ2n) is 8.73. The fraction of sp³-hybridized carbons (Fsp3) is 0.241. The van der Waals surface area contributed by atoms with E-state index in [1.165, 1.54) is 12.1 Å². The number of fused-ring (bicyclic) bond motifs is 2. The van der Waals surface area contributed by atoms with Gasteiger partial charge in [-0.05, 0) is 66.4 Å². The van der Waals surface area contributed by atoms with Gasteiger partial charge in [-0.2, -0.15) is 0 Å². The van der Waals surface area contributed by atoms with Gasteiger partial charge in [-0.1, -0.05) is 31.2 Å². The molecule has 1 aliphatic rings. The minimum Gasteiger partial charge on any atom is -0.497 e. The predicted molar refractivity (Wildman–Crippen MR) is 134 cm³/mol. The highest BCUT2D eigenvalue weighted by molar-refractivity contribution is 5.99. The first kappa shape index (κ1) is 23.6. The number of hydrogen-bond donors (Lipinski definition) is 0. The average Bonchev–Trinajstić information content (AvgIpc) is 3.18. The van der Waals surface area contributed by atoms with Gasteiger partial charge in [0.25, 0.3) is 5.91 Å². The average molecular weight is 488 g/mol. The number of amides is 1. The number of ether oxygens (including phenoxy) is 2. The Morgan fingerprint density at radius 2 is 1.69 bits per heavy atom. The van der Waals surface area contributed by atoms with Crippen molar-refractivity contribution in [1.82, 2.24) is 4.90 Å². The Bertz CT molecular complexity index is 1460. The highest BCUT2D eigenvalue weighted by Gasteiger charge is 2.42. The molecule has 36 heavy (non-hydrogen) atoms. The number of benzene rings is 3. The lowest BCUT2D eigenvalue weighted by Gasteiger charge is -2.25. The molecule has 0 bridgehead atoms. The van der Waals surface area contributed by atoms with E-state index in [2.05, 4.69) is 0 Å². The maximum atomic E-state index is 14.0. The van der Waals surface area contributed by atoms with Crippen molar-refractivity contribution in [2.75, 3.05) is 20.3 Å². The van der Waals surface area contributed by atoms with Gasteiger partial charge in [0.2, 0.25) is 5.76 Å². The second-order valence-corrected chi connectivity index (χ2v) is 8.73. The Hall–Kier alpha value is -4.13. The van der Waals surface area contributed by atoms with Gasteiger partial charge >= 0.3 is 0 Å². The summed E-state index contributed by atoms with van der Waals surface area (Å²) in [7, 11) is 1.61. The summed E-state index contributed by atoms with van der Waals surface area (Å²) in [6.07, 6.45) is 1.45. The summed E-state index contributed by atoms with van der Waals surface area (Å²) in [5.41, 5.74) is 1.79. The third kappa shape index (κ3) is 4.33. The molecule has 0 aliphatic carbocycles. The molecular formula is C29H26FNO5.